The van der Waals surface area contributed by atoms with Crippen LogP contribution in [0.5, 0.6) is 0 Å². The molecule has 4 heteroatoms. The van der Waals surface area contributed by atoms with Crippen LogP contribution in [-0.2, 0) is 11.3 Å². The number of hydrogen-bond acceptors (Lipinski definition) is 3. The first kappa shape index (κ1) is 14.5. The molecule has 1 heterocycles. The molecule has 1 aromatic heterocycles. The fourth-order valence-corrected chi connectivity index (χ4v) is 2.31. The van der Waals surface area contributed by atoms with Gasteiger partial charge in [-0.2, -0.15) is 0 Å². The highest BCUT2D eigenvalue weighted by atomic mass is 16.2. The van der Waals surface area contributed by atoms with E-state index < -0.39 is 0 Å². The van der Waals surface area contributed by atoms with Gasteiger partial charge in [-0.05, 0) is 24.8 Å². The minimum Gasteiger partial charge on any atom is -0.342 e. The molecule has 0 aliphatic heterocycles. The molecule has 0 radical (unpaired) electrons. The number of fused-ring (bicyclic) bond motifs is 1. The molecule has 1 N–H and O–H groups in total. The third-order valence-electron chi connectivity index (χ3n) is 3.46. The van der Waals surface area contributed by atoms with Crippen LogP contribution in [0.1, 0.15) is 19.4 Å². The fraction of sp³-hybridized carbons (Fsp3) is 0.375. The molecule has 0 saturated heterocycles. The maximum Gasteiger partial charge on any atom is 0.236 e. The van der Waals surface area contributed by atoms with Crippen molar-refractivity contribution in [3.63, 3.8) is 0 Å². The van der Waals surface area contributed by atoms with E-state index in [-0.39, 0.29) is 5.91 Å². The van der Waals surface area contributed by atoms with E-state index in [1.54, 1.807) is 0 Å². The van der Waals surface area contributed by atoms with Gasteiger partial charge in [0, 0.05) is 37.4 Å². The third-order valence-corrected chi connectivity index (χ3v) is 3.46. The fourth-order valence-electron chi connectivity index (χ4n) is 2.31. The summed E-state index contributed by atoms with van der Waals surface area (Å²) in [4.78, 5) is 18.0. The quantitative estimate of drug-likeness (QED) is 0.876. The van der Waals surface area contributed by atoms with Gasteiger partial charge in [0.05, 0.1) is 6.54 Å². The highest BCUT2D eigenvalue weighted by molar-refractivity contribution is 5.84. The molecule has 0 atom stereocenters. The maximum atomic E-state index is 11.9. The Morgan fingerprint density at radius 2 is 1.95 bits per heavy atom. The van der Waals surface area contributed by atoms with Crippen LogP contribution in [0, 0.1) is 0 Å². The largest absolute Gasteiger partial charge is 0.342 e. The Balaban J connectivity index is 1.98. The van der Waals surface area contributed by atoms with E-state index in [4.69, 9.17) is 0 Å². The van der Waals surface area contributed by atoms with Gasteiger partial charge in [-0.15, -0.1) is 0 Å². The Kier molecular flexibility index (Phi) is 5.07. The van der Waals surface area contributed by atoms with Crippen LogP contribution in [0.15, 0.2) is 36.7 Å². The summed E-state index contributed by atoms with van der Waals surface area (Å²) in [5.74, 6) is 0.142. The molecule has 0 unspecified atom stereocenters. The average molecular weight is 271 g/mol. The number of hydrogen-bond donors (Lipinski definition) is 1. The summed E-state index contributed by atoms with van der Waals surface area (Å²) >= 11 is 0. The Hall–Kier alpha value is -1.94. The topological polar surface area (TPSA) is 45.2 Å². The van der Waals surface area contributed by atoms with Crippen molar-refractivity contribution in [1.29, 1.82) is 0 Å². The molecule has 1 aromatic carbocycles. The number of likely N-dealkylation sites (N-methyl/N-ethyl adjacent to an activating group) is 1. The molecular formula is C16H21N3O. The van der Waals surface area contributed by atoms with Gasteiger partial charge in [-0.3, -0.25) is 9.78 Å². The summed E-state index contributed by atoms with van der Waals surface area (Å²) in [7, 11) is 0. The molecule has 0 bridgehead atoms. The minimum atomic E-state index is 0.142. The van der Waals surface area contributed by atoms with E-state index in [0.717, 1.165) is 24.0 Å². The Labute approximate surface area is 119 Å². The van der Waals surface area contributed by atoms with E-state index >= 15 is 0 Å². The molecule has 0 aliphatic carbocycles. The molecule has 0 saturated carbocycles. The van der Waals surface area contributed by atoms with Crippen molar-refractivity contribution < 1.29 is 4.79 Å². The lowest BCUT2D eigenvalue weighted by atomic mass is 10.1. The average Bonchev–Trinajstić information content (AvgIpc) is 2.49. The number of rotatable bonds is 6. The van der Waals surface area contributed by atoms with Crippen LogP contribution in [0.4, 0.5) is 0 Å². The van der Waals surface area contributed by atoms with E-state index in [2.05, 4.69) is 16.4 Å². The van der Waals surface area contributed by atoms with Crippen LogP contribution < -0.4 is 5.32 Å². The highest BCUT2D eigenvalue weighted by Crippen LogP contribution is 2.16. The van der Waals surface area contributed by atoms with Gasteiger partial charge in [-0.25, -0.2) is 0 Å². The number of carbonyl (C=O) groups excluding carboxylic acids is 1. The summed E-state index contributed by atoms with van der Waals surface area (Å²) in [6.45, 7) is 6.53. The summed E-state index contributed by atoms with van der Waals surface area (Å²) in [5, 5.41) is 5.52. The van der Waals surface area contributed by atoms with Crippen LogP contribution in [-0.4, -0.2) is 35.4 Å². The Bertz CT molecular complexity index is 573. The molecule has 106 valence electrons. The van der Waals surface area contributed by atoms with Crippen LogP contribution >= 0.6 is 0 Å². The van der Waals surface area contributed by atoms with Gasteiger partial charge < -0.3 is 10.2 Å². The van der Waals surface area contributed by atoms with Crippen LogP contribution in [0.3, 0.4) is 0 Å². The first-order valence-electron chi connectivity index (χ1n) is 7.06. The third kappa shape index (κ3) is 3.33. The lowest BCUT2D eigenvalue weighted by molar-refractivity contribution is -0.129. The number of pyridine rings is 1. The first-order chi connectivity index (χ1) is 9.76. The summed E-state index contributed by atoms with van der Waals surface area (Å²) in [5.41, 5.74) is 1.12. The smallest absolute Gasteiger partial charge is 0.236 e. The Morgan fingerprint density at radius 3 is 2.70 bits per heavy atom. The van der Waals surface area contributed by atoms with Crippen LogP contribution in [0.2, 0.25) is 0 Å². The van der Waals surface area contributed by atoms with E-state index in [1.807, 2.05) is 49.3 Å². The van der Waals surface area contributed by atoms with Crippen molar-refractivity contribution in [2.75, 3.05) is 19.6 Å². The molecule has 0 spiro atoms. The van der Waals surface area contributed by atoms with Gasteiger partial charge in [0.25, 0.3) is 0 Å². The second-order valence-corrected chi connectivity index (χ2v) is 4.69. The summed E-state index contributed by atoms with van der Waals surface area (Å²) in [6, 6.07) is 8.16. The van der Waals surface area contributed by atoms with E-state index in [1.165, 1.54) is 5.39 Å². The molecule has 0 aliphatic rings. The molecule has 20 heavy (non-hydrogen) atoms. The van der Waals surface area contributed by atoms with Gasteiger partial charge in [0.1, 0.15) is 0 Å². The Morgan fingerprint density at radius 1 is 1.20 bits per heavy atom. The maximum absolute atomic E-state index is 11.9. The van der Waals surface area contributed by atoms with Crippen LogP contribution in [0.25, 0.3) is 10.8 Å². The van der Waals surface area contributed by atoms with Crippen molar-refractivity contribution in [1.82, 2.24) is 15.2 Å². The molecule has 2 rings (SSSR count). The number of nitrogens with zero attached hydrogens (tertiary/aromatic N) is 2. The minimum absolute atomic E-state index is 0.142. The molecule has 2 aromatic rings. The number of nitrogens with one attached hydrogen (secondary N) is 1. The van der Waals surface area contributed by atoms with Crippen molar-refractivity contribution in [3.8, 4) is 0 Å². The highest BCUT2D eigenvalue weighted by Gasteiger charge is 2.08. The number of carbonyl (C=O) groups is 1. The molecule has 4 nitrogen and oxygen atoms in total. The molecule has 1 amide bonds. The standard InChI is InChI=1S/C16H21N3O/c1-3-19(4-2)16(20)12-18-11-14-10-17-9-13-7-5-6-8-15(13)14/h5-10,18H,3-4,11-12H2,1-2H3. The predicted octanol–water partition coefficient (Wildman–Crippen LogP) is 2.19. The van der Waals surface area contributed by atoms with Gasteiger partial charge in [-0.1, -0.05) is 24.3 Å². The van der Waals surface area contributed by atoms with Crippen molar-refractivity contribution in [2.45, 2.75) is 20.4 Å². The monoisotopic (exact) mass is 271 g/mol. The first-order valence-corrected chi connectivity index (χ1v) is 7.06. The SMILES string of the molecule is CCN(CC)C(=O)CNCc1cncc2ccccc12. The van der Waals surface area contributed by atoms with Crippen molar-refractivity contribution in [3.05, 3.63) is 42.2 Å². The zero-order chi connectivity index (χ0) is 14.4. The predicted molar refractivity (Wildman–Crippen MR) is 81.4 cm³/mol. The van der Waals surface area contributed by atoms with Gasteiger partial charge >= 0.3 is 0 Å². The summed E-state index contributed by atoms with van der Waals surface area (Å²) in [6.07, 6.45) is 3.72. The normalized spacial score (nSPS) is 10.7. The molecular weight excluding hydrogens is 250 g/mol. The zero-order valence-electron chi connectivity index (χ0n) is 12.1. The molecule has 0 fully saturated rings. The number of amides is 1. The van der Waals surface area contributed by atoms with Gasteiger partial charge in [0.15, 0.2) is 0 Å². The number of aromatic nitrogens is 1. The van der Waals surface area contributed by atoms with E-state index in [0.29, 0.717) is 13.1 Å². The van der Waals surface area contributed by atoms with E-state index in [9.17, 15) is 4.79 Å². The second-order valence-electron chi connectivity index (χ2n) is 4.69. The lowest BCUT2D eigenvalue weighted by Gasteiger charge is -2.18. The number of benzene rings is 1. The lowest BCUT2D eigenvalue weighted by Crippen LogP contribution is -2.37. The van der Waals surface area contributed by atoms with Crippen molar-refractivity contribution >= 4 is 16.7 Å². The van der Waals surface area contributed by atoms with Crippen molar-refractivity contribution in [2.24, 2.45) is 0 Å². The second kappa shape index (κ2) is 7.01. The summed E-state index contributed by atoms with van der Waals surface area (Å²) < 4.78 is 0. The van der Waals surface area contributed by atoms with Gasteiger partial charge in [0.2, 0.25) is 5.91 Å². The zero-order valence-corrected chi connectivity index (χ0v) is 12.1.